The van der Waals surface area contributed by atoms with E-state index in [1.807, 2.05) is 25.1 Å². The van der Waals surface area contributed by atoms with Gasteiger partial charge in [-0.05, 0) is 62.4 Å². The number of carbonyl (C=O) groups excluding carboxylic acids is 1. The number of hydrogen-bond donors (Lipinski definition) is 2. The summed E-state index contributed by atoms with van der Waals surface area (Å²) in [4.78, 5) is 12.4. The van der Waals surface area contributed by atoms with E-state index in [0.29, 0.717) is 23.5 Å². The average Bonchev–Trinajstić information content (AvgIpc) is 2.91. The van der Waals surface area contributed by atoms with Gasteiger partial charge in [0.05, 0.1) is 19.2 Å². The predicted molar refractivity (Wildman–Crippen MR) is 90.3 cm³/mol. The molecular formula is C19H23NO4. The van der Waals surface area contributed by atoms with Crippen molar-refractivity contribution >= 4 is 5.91 Å². The van der Waals surface area contributed by atoms with E-state index in [0.717, 1.165) is 29.7 Å². The van der Waals surface area contributed by atoms with Crippen LogP contribution in [0.25, 0.3) is 0 Å². The van der Waals surface area contributed by atoms with Crippen molar-refractivity contribution in [3.63, 3.8) is 0 Å². The molecule has 0 fully saturated rings. The van der Waals surface area contributed by atoms with Crippen molar-refractivity contribution in [3.05, 3.63) is 52.5 Å². The molecule has 2 N–H and O–H groups in total. The van der Waals surface area contributed by atoms with Crippen molar-refractivity contribution in [1.82, 2.24) is 5.32 Å². The normalized spacial score (nSPS) is 19.7. The fraction of sp³-hybridized carbons (Fsp3) is 0.421. The van der Waals surface area contributed by atoms with Crippen LogP contribution in [0.3, 0.4) is 0 Å². The maximum Gasteiger partial charge on any atom is 0.254 e. The summed E-state index contributed by atoms with van der Waals surface area (Å²) in [5.74, 6) is 1.85. The van der Waals surface area contributed by atoms with Crippen LogP contribution in [-0.4, -0.2) is 24.7 Å². The van der Waals surface area contributed by atoms with Crippen molar-refractivity contribution in [2.45, 2.75) is 38.7 Å². The number of rotatable bonds is 4. The molecule has 1 aliphatic carbocycles. The number of aliphatic hydroxyl groups is 1. The summed E-state index contributed by atoms with van der Waals surface area (Å²) in [5.41, 5.74) is 1.41. The topological polar surface area (TPSA) is 71.7 Å². The number of fused-ring (bicyclic) bond motifs is 1. The fourth-order valence-electron chi connectivity index (χ4n) is 3.43. The molecule has 0 saturated carbocycles. The van der Waals surface area contributed by atoms with Gasteiger partial charge in [0.1, 0.15) is 22.9 Å². The molecule has 0 aliphatic heterocycles. The van der Waals surface area contributed by atoms with E-state index in [2.05, 4.69) is 5.32 Å². The van der Waals surface area contributed by atoms with Crippen LogP contribution >= 0.6 is 0 Å². The Hall–Kier alpha value is -2.27. The minimum absolute atomic E-state index is 0.175. The Labute approximate surface area is 141 Å². The first kappa shape index (κ1) is 16.6. The molecule has 1 atom stereocenters. The highest BCUT2D eigenvalue weighted by atomic mass is 16.5. The van der Waals surface area contributed by atoms with Crippen molar-refractivity contribution < 1.29 is 19.1 Å². The van der Waals surface area contributed by atoms with Crippen LogP contribution in [0.4, 0.5) is 0 Å². The van der Waals surface area contributed by atoms with Crippen LogP contribution in [0.1, 0.15) is 45.8 Å². The van der Waals surface area contributed by atoms with E-state index in [-0.39, 0.29) is 12.5 Å². The molecule has 0 bridgehead atoms. The fourth-order valence-corrected chi connectivity index (χ4v) is 3.43. The minimum atomic E-state index is -1.05. The molecule has 5 nitrogen and oxygen atoms in total. The van der Waals surface area contributed by atoms with Crippen LogP contribution in [-0.2, 0) is 12.0 Å². The van der Waals surface area contributed by atoms with Gasteiger partial charge in [0, 0.05) is 0 Å². The Balaban J connectivity index is 1.78. The van der Waals surface area contributed by atoms with Gasteiger partial charge >= 0.3 is 0 Å². The largest absolute Gasteiger partial charge is 0.497 e. The summed E-state index contributed by atoms with van der Waals surface area (Å²) in [5, 5.41) is 13.9. The maximum absolute atomic E-state index is 12.4. The number of aryl methyl sites for hydroxylation is 3. The molecule has 1 aromatic heterocycles. The van der Waals surface area contributed by atoms with Gasteiger partial charge in [-0.2, -0.15) is 0 Å². The number of amides is 1. The molecule has 0 radical (unpaired) electrons. The highest BCUT2D eigenvalue weighted by Crippen LogP contribution is 2.36. The molecule has 0 spiro atoms. The van der Waals surface area contributed by atoms with E-state index in [1.165, 1.54) is 0 Å². The van der Waals surface area contributed by atoms with Crippen molar-refractivity contribution in [1.29, 1.82) is 0 Å². The van der Waals surface area contributed by atoms with Crippen LogP contribution in [0.2, 0.25) is 0 Å². The second-order valence-electron chi connectivity index (χ2n) is 6.42. The van der Waals surface area contributed by atoms with Crippen LogP contribution in [0.5, 0.6) is 5.75 Å². The molecule has 128 valence electrons. The number of nitrogens with one attached hydrogen (secondary N) is 1. The SMILES string of the molecule is COc1ccc2c(c1)CCC[C@@]2(O)CNC(=O)c1cc(C)oc1C. The third kappa shape index (κ3) is 3.04. The van der Waals surface area contributed by atoms with Crippen molar-refractivity contribution in [2.75, 3.05) is 13.7 Å². The quantitative estimate of drug-likeness (QED) is 0.905. The van der Waals surface area contributed by atoms with Gasteiger partial charge in [0.15, 0.2) is 0 Å². The zero-order valence-electron chi connectivity index (χ0n) is 14.3. The number of benzene rings is 1. The first-order valence-corrected chi connectivity index (χ1v) is 8.18. The lowest BCUT2D eigenvalue weighted by atomic mass is 9.79. The lowest BCUT2D eigenvalue weighted by molar-refractivity contribution is 0.0188. The molecule has 3 rings (SSSR count). The number of furan rings is 1. The van der Waals surface area contributed by atoms with Gasteiger partial charge in [-0.25, -0.2) is 0 Å². The van der Waals surface area contributed by atoms with Gasteiger partial charge < -0.3 is 19.6 Å². The summed E-state index contributed by atoms with van der Waals surface area (Å²) in [6.45, 7) is 3.75. The van der Waals surface area contributed by atoms with E-state index in [9.17, 15) is 9.90 Å². The molecule has 0 saturated heterocycles. The zero-order chi connectivity index (χ0) is 17.3. The summed E-state index contributed by atoms with van der Waals surface area (Å²) in [7, 11) is 1.63. The molecule has 1 aliphatic rings. The van der Waals surface area contributed by atoms with Crippen molar-refractivity contribution in [2.24, 2.45) is 0 Å². The van der Waals surface area contributed by atoms with Crippen LogP contribution in [0, 0.1) is 13.8 Å². The van der Waals surface area contributed by atoms with Gasteiger partial charge in [0.25, 0.3) is 5.91 Å². The summed E-state index contributed by atoms with van der Waals surface area (Å²) in [6.07, 6.45) is 2.40. The molecular weight excluding hydrogens is 306 g/mol. The molecule has 1 aromatic carbocycles. The minimum Gasteiger partial charge on any atom is -0.497 e. The Bertz CT molecular complexity index is 765. The third-order valence-corrected chi connectivity index (χ3v) is 4.68. The lowest BCUT2D eigenvalue weighted by Gasteiger charge is -2.34. The van der Waals surface area contributed by atoms with Crippen molar-refractivity contribution in [3.8, 4) is 5.75 Å². The average molecular weight is 329 g/mol. The van der Waals surface area contributed by atoms with Gasteiger partial charge in [-0.1, -0.05) is 6.07 Å². The van der Waals surface area contributed by atoms with Crippen LogP contribution < -0.4 is 10.1 Å². The van der Waals surface area contributed by atoms with Gasteiger partial charge in [0.2, 0.25) is 0 Å². The standard InChI is InChI=1S/C19H23NO4/c1-12-9-16(13(2)24-12)18(21)20-11-19(22)8-4-5-14-10-15(23-3)6-7-17(14)19/h6-7,9-10,22H,4-5,8,11H2,1-3H3,(H,20,21)/t19-/m1/s1. The smallest absolute Gasteiger partial charge is 0.254 e. The highest BCUT2D eigenvalue weighted by Gasteiger charge is 2.35. The van der Waals surface area contributed by atoms with E-state index in [4.69, 9.17) is 9.15 Å². The summed E-state index contributed by atoms with van der Waals surface area (Å²) in [6, 6.07) is 7.42. The maximum atomic E-state index is 12.4. The second kappa shape index (κ2) is 6.32. The number of ether oxygens (including phenoxy) is 1. The highest BCUT2D eigenvalue weighted by molar-refractivity contribution is 5.95. The molecule has 1 heterocycles. The van der Waals surface area contributed by atoms with Gasteiger partial charge in [-0.3, -0.25) is 4.79 Å². The number of hydrogen-bond acceptors (Lipinski definition) is 4. The summed E-state index contributed by atoms with van der Waals surface area (Å²) < 4.78 is 10.7. The number of methoxy groups -OCH3 is 1. The van der Waals surface area contributed by atoms with E-state index in [1.54, 1.807) is 20.1 Å². The van der Waals surface area contributed by atoms with Crippen LogP contribution in [0.15, 0.2) is 28.7 Å². The monoisotopic (exact) mass is 329 g/mol. The third-order valence-electron chi connectivity index (χ3n) is 4.68. The lowest BCUT2D eigenvalue weighted by Crippen LogP contribution is -2.43. The zero-order valence-corrected chi connectivity index (χ0v) is 14.3. The second-order valence-corrected chi connectivity index (χ2v) is 6.42. The molecule has 24 heavy (non-hydrogen) atoms. The van der Waals surface area contributed by atoms with E-state index >= 15 is 0 Å². The Morgan fingerprint density at radius 2 is 2.17 bits per heavy atom. The van der Waals surface area contributed by atoms with Gasteiger partial charge in [-0.15, -0.1) is 0 Å². The predicted octanol–water partition coefficient (Wildman–Crippen LogP) is 2.86. The molecule has 2 aromatic rings. The molecule has 5 heteroatoms. The number of carbonyl (C=O) groups is 1. The van der Waals surface area contributed by atoms with E-state index < -0.39 is 5.60 Å². The Morgan fingerprint density at radius 3 is 2.83 bits per heavy atom. The summed E-state index contributed by atoms with van der Waals surface area (Å²) >= 11 is 0. The Kier molecular flexibility index (Phi) is 4.37. The first-order chi connectivity index (χ1) is 11.4. The molecule has 1 amide bonds. The first-order valence-electron chi connectivity index (χ1n) is 8.18. The molecule has 0 unspecified atom stereocenters. The Morgan fingerprint density at radius 1 is 1.38 bits per heavy atom.